The van der Waals surface area contributed by atoms with Crippen LogP contribution in [-0.2, 0) is 13.1 Å². The van der Waals surface area contributed by atoms with Gasteiger partial charge in [0.15, 0.2) is 11.3 Å². The van der Waals surface area contributed by atoms with Crippen LogP contribution in [0.4, 0.5) is 5.82 Å². The second-order valence-electron chi connectivity index (χ2n) is 9.30. The number of aryl methyl sites for hydroxylation is 1. The van der Waals surface area contributed by atoms with E-state index in [9.17, 15) is 4.79 Å². The molecule has 0 fully saturated rings. The lowest BCUT2D eigenvalue weighted by Gasteiger charge is -2.25. The Labute approximate surface area is 208 Å². The summed E-state index contributed by atoms with van der Waals surface area (Å²) >= 11 is 0. The van der Waals surface area contributed by atoms with Gasteiger partial charge in [-0.05, 0) is 25.0 Å². The molecule has 5 heterocycles. The molecule has 2 aliphatic rings. The molecule has 0 saturated heterocycles. The first kappa shape index (κ1) is 22.1. The Hall–Kier alpha value is -4.34. The summed E-state index contributed by atoms with van der Waals surface area (Å²) in [5, 5.41) is 15.3. The predicted octanol–water partition coefficient (Wildman–Crippen LogP) is 2.34. The van der Waals surface area contributed by atoms with E-state index in [-0.39, 0.29) is 17.2 Å². The predicted molar refractivity (Wildman–Crippen MR) is 134 cm³/mol. The quantitative estimate of drug-likeness (QED) is 0.446. The Balaban J connectivity index is 1.43. The van der Waals surface area contributed by atoms with Crippen molar-refractivity contribution in [1.29, 1.82) is 5.41 Å². The maximum Gasteiger partial charge on any atom is 0.167 e. The lowest BCUT2D eigenvalue weighted by Crippen LogP contribution is -2.40. The molecule has 1 atom stereocenters. The van der Waals surface area contributed by atoms with Crippen molar-refractivity contribution in [3.05, 3.63) is 83.3 Å². The molecule has 0 radical (unpaired) electrons. The zero-order chi connectivity index (χ0) is 24.8. The van der Waals surface area contributed by atoms with Crippen LogP contribution in [0.3, 0.4) is 0 Å². The number of nitrogens with zero attached hydrogens (tertiary/aromatic N) is 8. The van der Waals surface area contributed by atoms with Gasteiger partial charge in [0.1, 0.15) is 29.4 Å². The second-order valence-corrected chi connectivity index (χ2v) is 9.30. The van der Waals surface area contributed by atoms with Crippen LogP contribution in [0.1, 0.15) is 46.8 Å². The van der Waals surface area contributed by atoms with E-state index >= 15 is 0 Å². The summed E-state index contributed by atoms with van der Waals surface area (Å²) in [4.78, 5) is 29.0. The number of benzene rings is 1. The van der Waals surface area contributed by atoms with E-state index in [2.05, 4.69) is 21.0 Å². The lowest BCUT2D eigenvalue weighted by atomic mass is 9.99. The van der Waals surface area contributed by atoms with Gasteiger partial charge in [0.05, 0.1) is 18.2 Å². The Bertz CT molecular complexity index is 1490. The number of pyridine rings is 1. The molecule has 3 aromatic heterocycles. The van der Waals surface area contributed by atoms with Gasteiger partial charge in [-0.3, -0.25) is 15.2 Å². The number of carbonyl (C=O) groups excluding carboxylic acids is 1. The first-order valence-corrected chi connectivity index (χ1v) is 12.1. The van der Waals surface area contributed by atoms with E-state index in [4.69, 9.17) is 15.4 Å². The molecule has 0 saturated carbocycles. The fourth-order valence-corrected chi connectivity index (χ4v) is 5.17. The summed E-state index contributed by atoms with van der Waals surface area (Å²) in [6, 6.07) is 14.2. The molecule has 0 bridgehead atoms. The fourth-order valence-electron chi connectivity index (χ4n) is 5.17. The standard InChI is InChI=1S/C26H27N9O/c1-17(36)23-24(27)35-25(31-26(23)33-11-6-12-34-22(15-33)29-16-30-34)20(14-32(35)2)19-9-10-21(28-13-19)18-7-4-3-5-8-18/h3-5,7-10,13,16,20,27H,6,11-12,14-15H2,1-2H3. The van der Waals surface area contributed by atoms with Gasteiger partial charge in [0, 0.05) is 38.4 Å². The zero-order valence-corrected chi connectivity index (χ0v) is 20.3. The van der Waals surface area contributed by atoms with Crippen LogP contribution in [0.25, 0.3) is 11.3 Å². The maximum absolute atomic E-state index is 12.8. The molecule has 0 aliphatic carbocycles. The highest BCUT2D eigenvalue weighted by Gasteiger charge is 2.34. The van der Waals surface area contributed by atoms with Crippen molar-refractivity contribution < 1.29 is 4.79 Å². The Morgan fingerprint density at radius 1 is 1.08 bits per heavy atom. The summed E-state index contributed by atoms with van der Waals surface area (Å²) in [5.41, 5.74) is 3.49. The van der Waals surface area contributed by atoms with Gasteiger partial charge in [0.25, 0.3) is 0 Å². The number of hydrogen-bond donors (Lipinski definition) is 1. The van der Waals surface area contributed by atoms with Crippen LogP contribution in [0.2, 0.25) is 0 Å². The van der Waals surface area contributed by atoms with Crippen LogP contribution in [0.15, 0.2) is 55.0 Å². The normalized spacial score (nSPS) is 17.0. The SMILES string of the molecule is CC(=O)c1c(N2CCCn3ncnc3C2)nc2n(c1=N)N(C)CC2c1ccc(-c2ccccc2)nc1. The summed E-state index contributed by atoms with van der Waals surface area (Å²) in [7, 11) is 1.92. The molecular weight excluding hydrogens is 454 g/mol. The number of anilines is 1. The van der Waals surface area contributed by atoms with Gasteiger partial charge in [-0.25, -0.2) is 19.3 Å². The summed E-state index contributed by atoms with van der Waals surface area (Å²) in [6.07, 6.45) is 4.31. The van der Waals surface area contributed by atoms with Crippen molar-refractivity contribution in [1.82, 2.24) is 29.4 Å². The molecule has 10 nitrogen and oxygen atoms in total. The average Bonchev–Trinajstić information content (AvgIpc) is 3.41. The number of nitrogens with one attached hydrogen (secondary N) is 1. The number of aromatic nitrogens is 6. The van der Waals surface area contributed by atoms with Crippen molar-refractivity contribution in [2.24, 2.45) is 0 Å². The smallest absolute Gasteiger partial charge is 0.167 e. The zero-order valence-electron chi connectivity index (χ0n) is 20.3. The summed E-state index contributed by atoms with van der Waals surface area (Å²) < 4.78 is 3.66. The number of carbonyl (C=O) groups is 1. The molecule has 0 spiro atoms. The summed E-state index contributed by atoms with van der Waals surface area (Å²) in [5.74, 6) is 1.87. The van der Waals surface area contributed by atoms with Gasteiger partial charge >= 0.3 is 0 Å². The average molecular weight is 482 g/mol. The van der Waals surface area contributed by atoms with E-state index in [1.807, 2.05) is 59.3 Å². The van der Waals surface area contributed by atoms with Gasteiger partial charge in [-0.2, -0.15) is 5.10 Å². The number of rotatable bonds is 4. The third kappa shape index (κ3) is 3.65. The molecule has 10 heteroatoms. The van der Waals surface area contributed by atoms with Crippen molar-refractivity contribution >= 4 is 11.6 Å². The third-order valence-corrected chi connectivity index (χ3v) is 6.95. The molecule has 1 aromatic carbocycles. The molecular formula is C26H27N9O. The molecule has 0 amide bonds. The topological polar surface area (TPSA) is 109 Å². The first-order valence-electron chi connectivity index (χ1n) is 12.1. The fraction of sp³-hybridized carbons (Fsp3) is 0.308. The van der Waals surface area contributed by atoms with E-state index in [0.29, 0.717) is 31.0 Å². The number of Topliss-reactive ketones (excluding diaryl/α,β-unsaturated/α-hetero) is 1. The summed E-state index contributed by atoms with van der Waals surface area (Å²) in [6.45, 7) is 4.10. The molecule has 2 aliphatic heterocycles. The van der Waals surface area contributed by atoms with E-state index in [0.717, 1.165) is 41.4 Å². The number of ketones is 1. The largest absolute Gasteiger partial charge is 0.348 e. The monoisotopic (exact) mass is 481 g/mol. The highest BCUT2D eigenvalue weighted by molar-refractivity contribution is 5.98. The third-order valence-electron chi connectivity index (χ3n) is 6.95. The van der Waals surface area contributed by atoms with Crippen LogP contribution in [-0.4, -0.2) is 55.3 Å². The minimum absolute atomic E-state index is 0.0770. The number of hydrogen-bond acceptors (Lipinski definition) is 8. The van der Waals surface area contributed by atoms with Crippen LogP contribution in [0, 0.1) is 5.41 Å². The number of fused-ring (bicyclic) bond motifs is 2. The van der Waals surface area contributed by atoms with E-state index in [1.165, 1.54) is 6.92 Å². The van der Waals surface area contributed by atoms with E-state index < -0.39 is 0 Å². The van der Waals surface area contributed by atoms with E-state index in [1.54, 1.807) is 11.0 Å². The van der Waals surface area contributed by atoms with Gasteiger partial charge < -0.3 is 9.91 Å². The highest BCUT2D eigenvalue weighted by Crippen LogP contribution is 2.32. The molecule has 1 unspecified atom stereocenters. The van der Waals surface area contributed by atoms with Gasteiger partial charge in [0.2, 0.25) is 0 Å². The van der Waals surface area contributed by atoms with Crippen LogP contribution < -0.4 is 15.4 Å². The van der Waals surface area contributed by atoms with Crippen molar-refractivity contribution in [2.45, 2.75) is 32.4 Å². The van der Waals surface area contributed by atoms with Gasteiger partial charge in [-0.15, -0.1) is 0 Å². The second kappa shape index (κ2) is 8.71. The Morgan fingerprint density at radius 3 is 2.67 bits per heavy atom. The molecule has 6 rings (SSSR count). The van der Waals surface area contributed by atoms with Gasteiger partial charge in [-0.1, -0.05) is 36.4 Å². The molecule has 1 N–H and O–H groups in total. The van der Waals surface area contributed by atoms with Crippen molar-refractivity contribution in [3.63, 3.8) is 0 Å². The molecule has 36 heavy (non-hydrogen) atoms. The molecule has 182 valence electrons. The van der Waals surface area contributed by atoms with Crippen molar-refractivity contribution in [3.8, 4) is 11.3 Å². The van der Waals surface area contributed by atoms with Crippen LogP contribution >= 0.6 is 0 Å². The minimum atomic E-state index is -0.172. The van der Waals surface area contributed by atoms with Crippen LogP contribution in [0.5, 0.6) is 0 Å². The molecule has 4 aromatic rings. The highest BCUT2D eigenvalue weighted by atomic mass is 16.1. The number of likely N-dealkylation sites (N-methyl/N-ethyl adjacent to an activating group) is 1. The first-order chi connectivity index (χ1) is 17.5. The Kier molecular flexibility index (Phi) is 5.36. The minimum Gasteiger partial charge on any atom is -0.348 e. The lowest BCUT2D eigenvalue weighted by molar-refractivity contribution is 0.101. The van der Waals surface area contributed by atoms with Crippen molar-refractivity contribution in [2.75, 3.05) is 30.0 Å². The maximum atomic E-state index is 12.8. The Morgan fingerprint density at radius 2 is 1.92 bits per heavy atom.